The van der Waals surface area contributed by atoms with E-state index in [2.05, 4.69) is 9.88 Å². The number of nitrogens with zero attached hydrogens (tertiary/aromatic N) is 2. The van der Waals surface area contributed by atoms with Crippen molar-refractivity contribution in [3.8, 4) is 0 Å². The lowest BCUT2D eigenvalue weighted by atomic mass is 9.81. The van der Waals surface area contributed by atoms with E-state index in [1.807, 2.05) is 0 Å². The lowest BCUT2D eigenvalue weighted by molar-refractivity contribution is 0.0819. The van der Waals surface area contributed by atoms with Crippen LogP contribution in [0.15, 0.2) is 18.5 Å². The van der Waals surface area contributed by atoms with Gasteiger partial charge in [-0.2, -0.15) is 0 Å². The maximum Gasteiger partial charge on any atom is 0.490 e. The van der Waals surface area contributed by atoms with Crippen LogP contribution in [0.25, 0.3) is 0 Å². The van der Waals surface area contributed by atoms with Gasteiger partial charge < -0.3 is 19.7 Å². The molecule has 0 bridgehead atoms. The second kappa shape index (κ2) is 5.49. The molecule has 1 saturated heterocycles. The van der Waals surface area contributed by atoms with Gasteiger partial charge in [0.2, 0.25) is 0 Å². The van der Waals surface area contributed by atoms with Gasteiger partial charge in [-0.25, -0.2) is 0 Å². The van der Waals surface area contributed by atoms with Crippen LogP contribution < -0.4 is 10.4 Å². The average Bonchev–Trinajstić information content (AvgIpc) is 2.39. The SMILES string of the molecule is COC1CCN(c2cncc(B(O)O)c2)CC1. The first-order chi connectivity index (χ1) is 8.20. The number of anilines is 1. The molecule has 1 aliphatic heterocycles. The Morgan fingerprint density at radius 1 is 1.35 bits per heavy atom. The van der Waals surface area contributed by atoms with E-state index in [-0.39, 0.29) is 0 Å². The van der Waals surface area contributed by atoms with Crippen molar-refractivity contribution in [3.05, 3.63) is 18.5 Å². The van der Waals surface area contributed by atoms with Crippen LogP contribution in [0.3, 0.4) is 0 Å². The number of methoxy groups -OCH3 is 1. The number of pyridine rings is 1. The third kappa shape index (κ3) is 2.97. The second-order valence-corrected chi connectivity index (χ2v) is 4.27. The van der Waals surface area contributed by atoms with Crippen molar-refractivity contribution in [2.75, 3.05) is 25.1 Å². The summed E-state index contributed by atoms with van der Waals surface area (Å²) in [6.45, 7) is 1.82. The number of hydrogen-bond acceptors (Lipinski definition) is 5. The van der Waals surface area contributed by atoms with Gasteiger partial charge in [0.05, 0.1) is 18.0 Å². The van der Waals surface area contributed by atoms with E-state index in [9.17, 15) is 0 Å². The molecule has 92 valence electrons. The molecule has 0 amide bonds. The van der Waals surface area contributed by atoms with Gasteiger partial charge >= 0.3 is 7.12 Å². The third-order valence-electron chi connectivity index (χ3n) is 3.18. The zero-order chi connectivity index (χ0) is 12.3. The fourth-order valence-corrected chi connectivity index (χ4v) is 2.11. The Kier molecular flexibility index (Phi) is 3.99. The van der Waals surface area contributed by atoms with Crippen molar-refractivity contribution in [2.45, 2.75) is 18.9 Å². The normalized spacial score (nSPS) is 17.2. The van der Waals surface area contributed by atoms with Gasteiger partial charge in [-0.1, -0.05) is 0 Å². The van der Waals surface area contributed by atoms with Gasteiger partial charge in [-0.15, -0.1) is 0 Å². The molecule has 2 rings (SSSR count). The fourth-order valence-electron chi connectivity index (χ4n) is 2.11. The highest BCUT2D eigenvalue weighted by atomic mass is 16.5. The van der Waals surface area contributed by atoms with Crippen LogP contribution in [0.1, 0.15) is 12.8 Å². The molecule has 2 N–H and O–H groups in total. The van der Waals surface area contributed by atoms with Crippen LogP contribution in [0.2, 0.25) is 0 Å². The summed E-state index contributed by atoms with van der Waals surface area (Å²) in [5, 5.41) is 18.2. The number of aromatic nitrogens is 1. The lowest BCUT2D eigenvalue weighted by Gasteiger charge is -2.32. The first-order valence-corrected chi connectivity index (χ1v) is 5.79. The highest BCUT2D eigenvalue weighted by Crippen LogP contribution is 2.19. The van der Waals surface area contributed by atoms with Gasteiger partial charge in [0.25, 0.3) is 0 Å². The van der Waals surface area contributed by atoms with E-state index in [4.69, 9.17) is 14.8 Å². The standard InChI is InChI=1S/C11H17BN2O3/c1-17-11-2-4-14(5-3-11)10-6-9(12(15)16)7-13-8-10/h6-8,11,15-16H,2-5H2,1H3. The minimum Gasteiger partial charge on any atom is -0.423 e. The monoisotopic (exact) mass is 236 g/mol. The van der Waals surface area contributed by atoms with E-state index >= 15 is 0 Å². The molecule has 5 nitrogen and oxygen atoms in total. The number of hydrogen-bond donors (Lipinski definition) is 2. The van der Waals surface area contributed by atoms with Crippen molar-refractivity contribution >= 4 is 18.3 Å². The van der Waals surface area contributed by atoms with E-state index < -0.39 is 7.12 Å². The largest absolute Gasteiger partial charge is 0.490 e. The van der Waals surface area contributed by atoms with E-state index in [0.29, 0.717) is 11.6 Å². The first kappa shape index (κ1) is 12.4. The molecule has 0 radical (unpaired) electrons. The summed E-state index contributed by atoms with van der Waals surface area (Å²) in [5.74, 6) is 0. The quantitative estimate of drug-likeness (QED) is 0.684. The predicted octanol–water partition coefficient (Wildman–Crippen LogP) is -0.623. The summed E-state index contributed by atoms with van der Waals surface area (Å²) in [4.78, 5) is 6.22. The van der Waals surface area contributed by atoms with Crippen LogP contribution in [-0.4, -0.2) is 48.5 Å². The molecule has 1 fully saturated rings. The highest BCUT2D eigenvalue weighted by molar-refractivity contribution is 6.58. The maximum absolute atomic E-state index is 9.10. The van der Waals surface area contributed by atoms with Crippen LogP contribution in [0, 0.1) is 0 Å². The van der Waals surface area contributed by atoms with Gasteiger partial charge in [0.15, 0.2) is 0 Å². The molecular formula is C11H17BN2O3. The topological polar surface area (TPSA) is 65.8 Å². The van der Waals surface area contributed by atoms with Gasteiger partial charge in [-0.3, -0.25) is 4.98 Å². The predicted molar refractivity (Wildman–Crippen MR) is 66.3 cm³/mol. The summed E-state index contributed by atoms with van der Waals surface area (Å²) in [7, 11) is 0.281. The summed E-state index contributed by atoms with van der Waals surface area (Å²) in [6.07, 6.45) is 5.53. The van der Waals surface area contributed by atoms with Crippen LogP contribution in [0.5, 0.6) is 0 Å². The molecule has 1 aromatic rings. The first-order valence-electron chi connectivity index (χ1n) is 5.79. The summed E-state index contributed by atoms with van der Waals surface area (Å²) in [5.41, 5.74) is 1.36. The third-order valence-corrected chi connectivity index (χ3v) is 3.18. The molecule has 1 aliphatic rings. The molecule has 0 spiro atoms. The second-order valence-electron chi connectivity index (χ2n) is 4.27. The summed E-state index contributed by atoms with van der Waals surface area (Å²) in [6, 6.07) is 1.77. The molecule has 0 unspecified atom stereocenters. The maximum atomic E-state index is 9.10. The van der Waals surface area contributed by atoms with E-state index in [1.165, 1.54) is 6.20 Å². The molecule has 1 aromatic heterocycles. The highest BCUT2D eigenvalue weighted by Gasteiger charge is 2.20. The Morgan fingerprint density at radius 3 is 2.65 bits per heavy atom. The molecule has 17 heavy (non-hydrogen) atoms. The summed E-state index contributed by atoms with van der Waals surface area (Å²) >= 11 is 0. The zero-order valence-electron chi connectivity index (χ0n) is 9.91. The number of piperidine rings is 1. The van der Waals surface area contributed by atoms with Crippen molar-refractivity contribution in [3.63, 3.8) is 0 Å². The van der Waals surface area contributed by atoms with Crippen molar-refractivity contribution in [1.29, 1.82) is 0 Å². The van der Waals surface area contributed by atoms with Crippen LogP contribution in [0.4, 0.5) is 5.69 Å². The van der Waals surface area contributed by atoms with Crippen LogP contribution in [-0.2, 0) is 4.74 Å². The minimum atomic E-state index is -1.46. The fraction of sp³-hybridized carbons (Fsp3) is 0.545. The van der Waals surface area contributed by atoms with E-state index in [0.717, 1.165) is 31.6 Å². The minimum absolute atomic E-state index is 0.339. The van der Waals surface area contributed by atoms with Crippen LogP contribution >= 0.6 is 0 Å². The number of ether oxygens (including phenoxy) is 1. The Hall–Kier alpha value is -1.11. The Balaban J connectivity index is 2.05. The number of rotatable bonds is 3. The smallest absolute Gasteiger partial charge is 0.423 e. The van der Waals surface area contributed by atoms with Gasteiger partial charge in [-0.05, 0) is 18.9 Å². The van der Waals surface area contributed by atoms with Gasteiger partial charge in [0, 0.05) is 31.9 Å². The van der Waals surface area contributed by atoms with Crippen molar-refractivity contribution < 1.29 is 14.8 Å². The molecule has 0 saturated carbocycles. The lowest BCUT2D eigenvalue weighted by Crippen LogP contribution is -2.38. The van der Waals surface area contributed by atoms with Gasteiger partial charge in [0.1, 0.15) is 0 Å². The molecule has 2 heterocycles. The summed E-state index contributed by atoms with van der Waals surface area (Å²) < 4.78 is 5.31. The zero-order valence-corrected chi connectivity index (χ0v) is 9.91. The Morgan fingerprint density at radius 2 is 2.06 bits per heavy atom. The van der Waals surface area contributed by atoms with Crippen molar-refractivity contribution in [1.82, 2.24) is 4.98 Å². The Labute approximate surface area is 101 Å². The molecular weight excluding hydrogens is 219 g/mol. The van der Waals surface area contributed by atoms with E-state index in [1.54, 1.807) is 19.4 Å². The molecule has 6 heteroatoms. The molecule has 0 atom stereocenters. The van der Waals surface area contributed by atoms with Crippen molar-refractivity contribution in [2.24, 2.45) is 0 Å². The molecule has 0 aromatic carbocycles. The molecule has 0 aliphatic carbocycles. The average molecular weight is 236 g/mol. The Bertz CT molecular complexity index is 367.